The van der Waals surface area contributed by atoms with Gasteiger partial charge in [0, 0.05) is 6.04 Å². The molecule has 18 heavy (non-hydrogen) atoms. The molecule has 1 aromatic rings. The summed E-state index contributed by atoms with van der Waals surface area (Å²) in [6.07, 6.45) is 0. The summed E-state index contributed by atoms with van der Waals surface area (Å²) in [7, 11) is 0. The van der Waals surface area contributed by atoms with Crippen molar-refractivity contribution in [2.24, 2.45) is 0 Å². The molecule has 4 nitrogen and oxygen atoms in total. The van der Waals surface area contributed by atoms with Crippen molar-refractivity contribution in [3.05, 3.63) is 35.9 Å². The molecule has 0 saturated carbocycles. The molecule has 2 atom stereocenters. The minimum atomic E-state index is -0.519. The Balaban J connectivity index is 2.42. The zero-order valence-electron chi connectivity index (χ0n) is 10.9. The average molecular weight is 246 g/mol. The number of benzene rings is 1. The second-order valence-corrected chi connectivity index (χ2v) is 4.88. The van der Waals surface area contributed by atoms with Gasteiger partial charge in [0.15, 0.2) is 0 Å². The summed E-state index contributed by atoms with van der Waals surface area (Å²) < 4.78 is 0. The molecule has 1 saturated heterocycles. The minimum absolute atomic E-state index is 0.00351. The molecule has 1 aromatic carbocycles. The molecule has 0 aromatic heterocycles. The maximum atomic E-state index is 12.2. The standard InChI is InChI=1S/C14H18N2O2/c1-9(2)16-12(11-7-5-4-6-8-11)13(17)15-10(3)14(16)18/h4-10,12H,1-3H3,(H,15,17). The van der Waals surface area contributed by atoms with Gasteiger partial charge in [0.25, 0.3) is 0 Å². The maximum Gasteiger partial charge on any atom is 0.248 e. The quantitative estimate of drug-likeness (QED) is 0.859. The summed E-state index contributed by atoms with van der Waals surface area (Å²) in [5.41, 5.74) is 0.851. The Morgan fingerprint density at radius 2 is 1.78 bits per heavy atom. The van der Waals surface area contributed by atoms with Gasteiger partial charge in [-0.15, -0.1) is 0 Å². The number of hydrogen-bond donors (Lipinski definition) is 1. The molecule has 0 bridgehead atoms. The summed E-state index contributed by atoms with van der Waals surface area (Å²) in [6, 6.07) is 8.44. The van der Waals surface area contributed by atoms with E-state index in [1.807, 2.05) is 44.2 Å². The molecule has 2 amide bonds. The van der Waals surface area contributed by atoms with E-state index < -0.39 is 12.1 Å². The van der Waals surface area contributed by atoms with Crippen LogP contribution < -0.4 is 5.32 Å². The lowest BCUT2D eigenvalue weighted by Crippen LogP contribution is -2.60. The Labute approximate surface area is 107 Å². The molecule has 2 rings (SSSR count). The molecular formula is C14H18N2O2. The molecule has 1 heterocycles. The van der Waals surface area contributed by atoms with Crippen LogP contribution in [-0.2, 0) is 9.59 Å². The second-order valence-electron chi connectivity index (χ2n) is 4.88. The van der Waals surface area contributed by atoms with E-state index in [9.17, 15) is 9.59 Å². The third-order valence-corrected chi connectivity index (χ3v) is 3.18. The molecule has 0 spiro atoms. The minimum Gasteiger partial charge on any atom is -0.342 e. The van der Waals surface area contributed by atoms with Gasteiger partial charge in [-0.2, -0.15) is 0 Å². The predicted octanol–water partition coefficient (Wildman–Crippen LogP) is 1.48. The lowest BCUT2D eigenvalue weighted by atomic mass is 9.98. The zero-order valence-corrected chi connectivity index (χ0v) is 10.9. The molecule has 1 N–H and O–H groups in total. The van der Waals surface area contributed by atoms with Crippen molar-refractivity contribution in [3.8, 4) is 0 Å². The van der Waals surface area contributed by atoms with Crippen molar-refractivity contribution in [1.29, 1.82) is 0 Å². The normalized spacial score (nSPS) is 24.3. The van der Waals surface area contributed by atoms with E-state index in [0.29, 0.717) is 0 Å². The van der Waals surface area contributed by atoms with Crippen LogP contribution in [0.25, 0.3) is 0 Å². The number of hydrogen-bond acceptors (Lipinski definition) is 2. The average Bonchev–Trinajstić information content (AvgIpc) is 2.34. The maximum absolute atomic E-state index is 12.2. The van der Waals surface area contributed by atoms with Crippen LogP contribution in [0.2, 0.25) is 0 Å². The first-order chi connectivity index (χ1) is 8.52. The van der Waals surface area contributed by atoms with Gasteiger partial charge >= 0.3 is 0 Å². The first kappa shape index (κ1) is 12.6. The van der Waals surface area contributed by atoms with Crippen molar-refractivity contribution in [1.82, 2.24) is 10.2 Å². The van der Waals surface area contributed by atoms with Crippen LogP contribution in [0.3, 0.4) is 0 Å². The fourth-order valence-electron chi connectivity index (χ4n) is 2.33. The fraction of sp³-hybridized carbons (Fsp3) is 0.429. The van der Waals surface area contributed by atoms with E-state index in [0.717, 1.165) is 5.56 Å². The summed E-state index contributed by atoms with van der Waals surface area (Å²) in [5, 5.41) is 2.73. The number of piperazine rings is 1. The van der Waals surface area contributed by atoms with Crippen molar-refractivity contribution >= 4 is 11.8 Å². The van der Waals surface area contributed by atoms with Crippen LogP contribution >= 0.6 is 0 Å². The zero-order chi connectivity index (χ0) is 13.3. The summed E-state index contributed by atoms with van der Waals surface area (Å²) in [5.74, 6) is -0.138. The Bertz CT molecular complexity index is 456. The molecule has 1 aliphatic heterocycles. The van der Waals surface area contributed by atoms with Gasteiger partial charge in [-0.1, -0.05) is 30.3 Å². The molecule has 1 aliphatic rings. The van der Waals surface area contributed by atoms with Crippen molar-refractivity contribution in [2.75, 3.05) is 0 Å². The Morgan fingerprint density at radius 3 is 2.33 bits per heavy atom. The Kier molecular flexibility index (Phi) is 3.36. The van der Waals surface area contributed by atoms with Gasteiger partial charge < -0.3 is 10.2 Å². The number of carbonyl (C=O) groups excluding carboxylic acids is 2. The van der Waals surface area contributed by atoms with E-state index >= 15 is 0 Å². The molecule has 2 unspecified atom stereocenters. The first-order valence-corrected chi connectivity index (χ1v) is 6.20. The summed E-state index contributed by atoms with van der Waals surface area (Å²) >= 11 is 0. The lowest BCUT2D eigenvalue weighted by Gasteiger charge is -2.40. The van der Waals surface area contributed by atoms with E-state index in [1.54, 1.807) is 11.8 Å². The molecule has 4 heteroatoms. The Morgan fingerprint density at radius 1 is 1.17 bits per heavy atom. The van der Waals surface area contributed by atoms with Crippen LogP contribution in [0.15, 0.2) is 30.3 Å². The van der Waals surface area contributed by atoms with Gasteiger partial charge in [-0.25, -0.2) is 0 Å². The van der Waals surface area contributed by atoms with E-state index in [1.165, 1.54) is 0 Å². The van der Waals surface area contributed by atoms with Gasteiger partial charge in [0.1, 0.15) is 12.1 Å². The van der Waals surface area contributed by atoms with Crippen molar-refractivity contribution in [3.63, 3.8) is 0 Å². The SMILES string of the molecule is CC1NC(=O)C(c2ccccc2)N(C(C)C)C1=O. The monoisotopic (exact) mass is 246 g/mol. The highest BCUT2D eigenvalue weighted by atomic mass is 16.2. The fourth-order valence-corrected chi connectivity index (χ4v) is 2.33. The van der Waals surface area contributed by atoms with E-state index in [2.05, 4.69) is 5.32 Å². The predicted molar refractivity (Wildman–Crippen MR) is 68.8 cm³/mol. The van der Waals surface area contributed by atoms with Gasteiger partial charge in [0.05, 0.1) is 0 Å². The number of nitrogens with zero attached hydrogens (tertiary/aromatic N) is 1. The summed E-state index contributed by atoms with van der Waals surface area (Å²) in [4.78, 5) is 26.0. The van der Waals surface area contributed by atoms with Crippen LogP contribution in [0.5, 0.6) is 0 Å². The van der Waals surface area contributed by atoms with E-state index in [4.69, 9.17) is 0 Å². The van der Waals surface area contributed by atoms with Crippen molar-refractivity contribution < 1.29 is 9.59 Å². The van der Waals surface area contributed by atoms with Crippen molar-refractivity contribution in [2.45, 2.75) is 38.9 Å². The van der Waals surface area contributed by atoms with Gasteiger partial charge in [-0.05, 0) is 26.3 Å². The highest BCUT2D eigenvalue weighted by molar-refractivity contribution is 5.97. The van der Waals surface area contributed by atoms with Gasteiger partial charge in [0.2, 0.25) is 11.8 Å². The smallest absolute Gasteiger partial charge is 0.248 e. The van der Waals surface area contributed by atoms with Crippen LogP contribution in [0.4, 0.5) is 0 Å². The van der Waals surface area contributed by atoms with E-state index in [-0.39, 0.29) is 17.9 Å². The second kappa shape index (κ2) is 4.80. The van der Waals surface area contributed by atoms with Crippen LogP contribution in [-0.4, -0.2) is 28.8 Å². The third-order valence-electron chi connectivity index (χ3n) is 3.18. The van der Waals surface area contributed by atoms with Crippen LogP contribution in [0, 0.1) is 0 Å². The topological polar surface area (TPSA) is 49.4 Å². The molecular weight excluding hydrogens is 228 g/mol. The Hall–Kier alpha value is -1.84. The molecule has 1 fully saturated rings. The molecule has 96 valence electrons. The summed E-state index contributed by atoms with van der Waals surface area (Å²) in [6.45, 7) is 5.58. The number of carbonyl (C=O) groups is 2. The molecule has 0 radical (unpaired) electrons. The lowest BCUT2D eigenvalue weighted by molar-refractivity contribution is -0.151. The first-order valence-electron chi connectivity index (χ1n) is 6.20. The number of rotatable bonds is 2. The van der Waals surface area contributed by atoms with Crippen LogP contribution in [0.1, 0.15) is 32.4 Å². The highest BCUT2D eigenvalue weighted by Crippen LogP contribution is 2.27. The molecule has 0 aliphatic carbocycles. The third kappa shape index (κ3) is 2.10. The number of amides is 2. The number of nitrogens with one attached hydrogen (secondary N) is 1. The highest BCUT2D eigenvalue weighted by Gasteiger charge is 2.40. The largest absolute Gasteiger partial charge is 0.342 e. The van der Waals surface area contributed by atoms with Gasteiger partial charge in [-0.3, -0.25) is 9.59 Å².